The largest absolute Gasteiger partial charge is 0.491 e. The number of carbonyl (C=O) groups is 2. The van der Waals surface area contributed by atoms with Crippen LogP contribution < -0.4 is 10.1 Å². The van der Waals surface area contributed by atoms with Crippen molar-refractivity contribution in [2.45, 2.75) is 24.0 Å². The molecule has 5 nitrogen and oxygen atoms in total. The number of benzene rings is 2. The number of para-hydroxylation sites is 1. The lowest BCUT2D eigenvalue weighted by Crippen LogP contribution is -2.31. The fourth-order valence-corrected chi connectivity index (χ4v) is 3.61. The minimum atomic E-state index is -0.120. The standard InChI is InChI=1S/C20H22N2O3S/c1-13-6-4-5-7-17(13)25-11-10-22(3)20(24)15-8-9-18-16(12-15)21-19(23)14(2)26-18/h4-9,12,14H,10-11H2,1-3H3,(H,21,23)/t14-/m1/s1. The zero-order valence-electron chi connectivity index (χ0n) is 15.1. The van der Waals surface area contributed by atoms with Crippen LogP contribution in [-0.2, 0) is 4.79 Å². The van der Waals surface area contributed by atoms with Gasteiger partial charge in [0.1, 0.15) is 12.4 Å². The van der Waals surface area contributed by atoms with Crippen molar-refractivity contribution in [2.24, 2.45) is 0 Å². The molecular weight excluding hydrogens is 348 g/mol. The van der Waals surface area contributed by atoms with Crippen molar-refractivity contribution in [3.05, 3.63) is 53.6 Å². The normalized spacial score (nSPS) is 15.8. The van der Waals surface area contributed by atoms with E-state index in [1.54, 1.807) is 24.1 Å². The molecule has 136 valence electrons. The van der Waals surface area contributed by atoms with Gasteiger partial charge < -0.3 is 15.0 Å². The molecule has 1 atom stereocenters. The van der Waals surface area contributed by atoms with Crippen LogP contribution in [0.5, 0.6) is 5.75 Å². The zero-order chi connectivity index (χ0) is 18.7. The Morgan fingerprint density at radius 2 is 2.04 bits per heavy atom. The number of rotatable bonds is 5. The summed E-state index contributed by atoms with van der Waals surface area (Å²) in [5.41, 5.74) is 2.32. The zero-order valence-corrected chi connectivity index (χ0v) is 15.9. The smallest absolute Gasteiger partial charge is 0.253 e. The maximum atomic E-state index is 12.6. The molecule has 26 heavy (non-hydrogen) atoms. The van der Waals surface area contributed by atoms with Gasteiger partial charge >= 0.3 is 0 Å². The summed E-state index contributed by atoms with van der Waals surface area (Å²) >= 11 is 1.50. The summed E-state index contributed by atoms with van der Waals surface area (Å²) in [6.07, 6.45) is 0. The Kier molecular flexibility index (Phi) is 5.52. The van der Waals surface area contributed by atoms with Gasteiger partial charge in [0.2, 0.25) is 5.91 Å². The first kappa shape index (κ1) is 18.3. The number of amides is 2. The van der Waals surface area contributed by atoms with E-state index in [0.29, 0.717) is 24.4 Å². The first-order valence-electron chi connectivity index (χ1n) is 8.51. The first-order valence-corrected chi connectivity index (χ1v) is 9.39. The summed E-state index contributed by atoms with van der Waals surface area (Å²) in [6.45, 7) is 4.75. The van der Waals surface area contributed by atoms with Crippen LogP contribution in [0, 0.1) is 6.92 Å². The monoisotopic (exact) mass is 370 g/mol. The van der Waals surface area contributed by atoms with Crippen molar-refractivity contribution in [1.29, 1.82) is 0 Å². The van der Waals surface area contributed by atoms with E-state index in [1.165, 1.54) is 11.8 Å². The molecule has 0 unspecified atom stereocenters. The molecule has 0 saturated carbocycles. The molecule has 0 bridgehead atoms. The first-order chi connectivity index (χ1) is 12.5. The SMILES string of the molecule is Cc1ccccc1OCCN(C)C(=O)c1ccc2c(c1)NC(=O)[C@@H](C)S2. The third kappa shape index (κ3) is 4.02. The third-order valence-corrected chi connectivity index (χ3v) is 5.46. The molecule has 0 aliphatic carbocycles. The Balaban J connectivity index is 1.61. The van der Waals surface area contributed by atoms with Crippen molar-refractivity contribution in [3.8, 4) is 5.75 Å². The Morgan fingerprint density at radius 3 is 2.81 bits per heavy atom. The molecule has 2 amide bonds. The maximum Gasteiger partial charge on any atom is 0.253 e. The van der Waals surface area contributed by atoms with Crippen LogP contribution in [-0.4, -0.2) is 42.2 Å². The minimum absolute atomic E-state index is 0.0351. The topological polar surface area (TPSA) is 58.6 Å². The van der Waals surface area contributed by atoms with E-state index < -0.39 is 0 Å². The summed E-state index contributed by atoms with van der Waals surface area (Å²) in [5.74, 6) is 0.696. The van der Waals surface area contributed by atoms with E-state index in [4.69, 9.17) is 4.74 Å². The Bertz CT molecular complexity index is 838. The molecule has 2 aromatic rings. The van der Waals surface area contributed by atoms with Crippen molar-refractivity contribution < 1.29 is 14.3 Å². The maximum absolute atomic E-state index is 12.6. The Hall–Kier alpha value is -2.47. The average Bonchev–Trinajstić information content (AvgIpc) is 2.63. The number of carbonyl (C=O) groups excluding carboxylic acids is 2. The van der Waals surface area contributed by atoms with Crippen LogP contribution in [0.15, 0.2) is 47.4 Å². The van der Waals surface area contributed by atoms with Gasteiger partial charge in [-0.25, -0.2) is 0 Å². The number of nitrogens with one attached hydrogen (secondary N) is 1. The van der Waals surface area contributed by atoms with Crippen LogP contribution in [0.4, 0.5) is 5.69 Å². The Morgan fingerprint density at radius 1 is 1.27 bits per heavy atom. The number of hydrogen-bond donors (Lipinski definition) is 1. The van der Waals surface area contributed by atoms with E-state index in [0.717, 1.165) is 16.2 Å². The highest BCUT2D eigenvalue weighted by molar-refractivity contribution is 8.00. The molecule has 1 heterocycles. The van der Waals surface area contributed by atoms with Gasteiger partial charge in [-0.1, -0.05) is 18.2 Å². The van der Waals surface area contributed by atoms with Crippen molar-refractivity contribution in [2.75, 3.05) is 25.5 Å². The van der Waals surface area contributed by atoms with Gasteiger partial charge in [0.25, 0.3) is 5.91 Å². The molecule has 0 saturated heterocycles. The molecule has 1 N–H and O–H groups in total. The number of likely N-dealkylation sites (N-methyl/N-ethyl adjacent to an activating group) is 1. The van der Waals surface area contributed by atoms with Gasteiger partial charge in [-0.2, -0.15) is 0 Å². The van der Waals surface area contributed by atoms with Gasteiger partial charge in [0.15, 0.2) is 0 Å². The number of hydrogen-bond acceptors (Lipinski definition) is 4. The molecule has 0 aromatic heterocycles. The van der Waals surface area contributed by atoms with Gasteiger partial charge in [-0.15, -0.1) is 11.8 Å². The number of ether oxygens (including phenoxy) is 1. The van der Waals surface area contributed by atoms with Gasteiger partial charge in [-0.3, -0.25) is 9.59 Å². The van der Waals surface area contributed by atoms with E-state index >= 15 is 0 Å². The molecule has 0 spiro atoms. The minimum Gasteiger partial charge on any atom is -0.491 e. The fraction of sp³-hybridized carbons (Fsp3) is 0.300. The molecule has 1 aliphatic rings. The lowest BCUT2D eigenvalue weighted by atomic mass is 10.1. The van der Waals surface area contributed by atoms with Crippen LogP contribution in [0.2, 0.25) is 0 Å². The van der Waals surface area contributed by atoms with E-state index in [-0.39, 0.29) is 17.1 Å². The summed E-state index contributed by atoms with van der Waals surface area (Å²) in [6, 6.07) is 13.2. The fourth-order valence-electron chi connectivity index (χ4n) is 2.67. The lowest BCUT2D eigenvalue weighted by molar-refractivity contribution is -0.115. The summed E-state index contributed by atoms with van der Waals surface area (Å²) in [4.78, 5) is 27.1. The Labute approximate surface area is 157 Å². The van der Waals surface area contributed by atoms with Crippen LogP contribution in [0.25, 0.3) is 0 Å². The second-order valence-corrected chi connectivity index (χ2v) is 7.68. The third-order valence-electron chi connectivity index (χ3n) is 4.28. The van der Waals surface area contributed by atoms with E-state index in [2.05, 4.69) is 5.32 Å². The highest BCUT2D eigenvalue weighted by Gasteiger charge is 2.24. The molecule has 0 fully saturated rings. The molecular formula is C20H22N2O3S. The van der Waals surface area contributed by atoms with Gasteiger partial charge in [0.05, 0.1) is 17.5 Å². The predicted octanol–water partition coefficient (Wildman–Crippen LogP) is 3.58. The number of anilines is 1. The summed E-state index contributed by atoms with van der Waals surface area (Å²) < 4.78 is 5.76. The number of fused-ring (bicyclic) bond motifs is 1. The summed E-state index contributed by atoms with van der Waals surface area (Å²) in [7, 11) is 1.75. The van der Waals surface area contributed by atoms with Crippen molar-refractivity contribution in [1.82, 2.24) is 4.90 Å². The van der Waals surface area contributed by atoms with Crippen LogP contribution in [0.1, 0.15) is 22.8 Å². The molecule has 6 heteroatoms. The van der Waals surface area contributed by atoms with Crippen molar-refractivity contribution >= 4 is 29.3 Å². The van der Waals surface area contributed by atoms with Crippen LogP contribution >= 0.6 is 11.8 Å². The van der Waals surface area contributed by atoms with E-state index in [9.17, 15) is 9.59 Å². The van der Waals surface area contributed by atoms with E-state index in [1.807, 2.05) is 44.2 Å². The van der Waals surface area contributed by atoms with Gasteiger partial charge in [-0.05, 0) is 43.7 Å². The summed E-state index contributed by atoms with van der Waals surface area (Å²) in [5, 5.41) is 2.74. The number of thioether (sulfide) groups is 1. The number of aryl methyl sites for hydroxylation is 1. The predicted molar refractivity (Wildman–Crippen MR) is 104 cm³/mol. The van der Waals surface area contributed by atoms with Crippen molar-refractivity contribution in [3.63, 3.8) is 0 Å². The van der Waals surface area contributed by atoms with Crippen LogP contribution in [0.3, 0.4) is 0 Å². The quantitative estimate of drug-likeness (QED) is 0.874. The highest BCUT2D eigenvalue weighted by atomic mass is 32.2. The molecule has 3 rings (SSSR count). The molecule has 0 radical (unpaired) electrons. The van der Waals surface area contributed by atoms with Gasteiger partial charge in [0, 0.05) is 17.5 Å². The average molecular weight is 370 g/mol. The second-order valence-electron chi connectivity index (χ2n) is 6.30. The lowest BCUT2D eigenvalue weighted by Gasteiger charge is -2.23. The highest BCUT2D eigenvalue weighted by Crippen LogP contribution is 2.36. The number of nitrogens with zero attached hydrogens (tertiary/aromatic N) is 1. The second kappa shape index (κ2) is 7.83. The molecule has 1 aliphatic heterocycles. The molecule has 2 aromatic carbocycles.